The van der Waals surface area contributed by atoms with Gasteiger partial charge in [-0.05, 0) is 54.8 Å². The summed E-state index contributed by atoms with van der Waals surface area (Å²) in [5.74, 6) is 0.316. The van der Waals surface area contributed by atoms with Gasteiger partial charge in [0, 0.05) is 5.56 Å². The molecule has 6 nitrogen and oxygen atoms in total. The third kappa shape index (κ3) is 4.50. The van der Waals surface area contributed by atoms with Gasteiger partial charge in [-0.2, -0.15) is 0 Å². The van der Waals surface area contributed by atoms with Gasteiger partial charge in [0.1, 0.15) is 5.54 Å². The van der Waals surface area contributed by atoms with Crippen LogP contribution in [0.4, 0.5) is 0 Å². The van der Waals surface area contributed by atoms with Crippen LogP contribution in [0, 0.1) is 0 Å². The molecular formula is C19H26BrNO5. The Bertz CT molecular complexity index is 656. The fourth-order valence-electron chi connectivity index (χ4n) is 3.23. The van der Waals surface area contributed by atoms with E-state index in [4.69, 9.17) is 14.2 Å². The molecule has 0 spiro atoms. The molecule has 1 aliphatic rings. The molecule has 1 aliphatic carbocycles. The Hall–Kier alpha value is -1.76. The van der Waals surface area contributed by atoms with Crippen molar-refractivity contribution in [2.45, 2.75) is 51.5 Å². The average Bonchev–Trinajstić information content (AvgIpc) is 2.64. The Morgan fingerprint density at radius 2 is 1.85 bits per heavy atom. The summed E-state index contributed by atoms with van der Waals surface area (Å²) in [7, 11) is 1.52. The van der Waals surface area contributed by atoms with Crippen LogP contribution in [0.3, 0.4) is 0 Å². The van der Waals surface area contributed by atoms with E-state index in [9.17, 15) is 9.59 Å². The summed E-state index contributed by atoms with van der Waals surface area (Å²) in [6.07, 6.45) is 4.00. The normalized spacial score (nSPS) is 15.8. The Balaban J connectivity index is 2.29. The van der Waals surface area contributed by atoms with Gasteiger partial charge in [0.15, 0.2) is 11.5 Å². The number of amides is 1. The van der Waals surface area contributed by atoms with E-state index in [1.165, 1.54) is 7.11 Å². The highest BCUT2D eigenvalue weighted by Gasteiger charge is 2.42. The van der Waals surface area contributed by atoms with Gasteiger partial charge < -0.3 is 19.5 Å². The topological polar surface area (TPSA) is 73.9 Å². The van der Waals surface area contributed by atoms with Crippen molar-refractivity contribution in [2.75, 3.05) is 20.3 Å². The molecule has 1 amide bonds. The van der Waals surface area contributed by atoms with Crippen LogP contribution in [0.25, 0.3) is 0 Å². The summed E-state index contributed by atoms with van der Waals surface area (Å²) in [6.45, 7) is 4.41. The highest BCUT2D eigenvalue weighted by Crippen LogP contribution is 2.37. The number of esters is 1. The number of hydrogen-bond donors (Lipinski definition) is 1. The number of carbonyl (C=O) groups is 2. The minimum Gasteiger partial charge on any atom is -0.493 e. The van der Waals surface area contributed by atoms with E-state index in [1.807, 2.05) is 6.92 Å². The number of rotatable bonds is 7. The molecule has 2 rings (SSSR count). The molecule has 144 valence electrons. The molecule has 0 unspecified atom stereocenters. The quantitative estimate of drug-likeness (QED) is 0.668. The van der Waals surface area contributed by atoms with E-state index < -0.39 is 5.54 Å². The first-order valence-corrected chi connectivity index (χ1v) is 9.76. The molecule has 1 aromatic carbocycles. The number of benzene rings is 1. The lowest BCUT2D eigenvalue weighted by Gasteiger charge is -2.35. The lowest BCUT2D eigenvalue weighted by molar-refractivity contribution is -0.152. The van der Waals surface area contributed by atoms with E-state index in [0.29, 0.717) is 47.6 Å². The molecule has 0 aromatic heterocycles. The van der Waals surface area contributed by atoms with E-state index >= 15 is 0 Å². The minimum atomic E-state index is -0.955. The van der Waals surface area contributed by atoms with Crippen LogP contribution in [0.2, 0.25) is 0 Å². The van der Waals surface area contributed by atoms with Crippen molar-refractivity contribution in [2.24, 2.45) is 0 Å². The zero-order chi connectivity index (χ0) is 19.2. The standard InChI is InChI=1S/C19H26BrNO5/c1-4-25-16-14(20)11-13(12-15(16)24-3)17(22)21-19(18(23)26-5-2)9-7-6-8-10-19/h11-12H,4-10H2,1-3H3,(H,21,22). The number of ether oxygens (including phenoxy) is 3. The Labute approximate surface area is 162 Å². The van der Waals surface area contributed by atoms with Crippen LogP contribution in [0.5, 0.6) is 11.5 Å². The van der Waals surface area contributed by atoms with Gasteiger partial charge in [-0.3, -0.25) is 4.79 Å². The Kier molecular flexibility index (Phi) is 7.32. The van der Waals surface area contributed by atoms with Gasteiger partial charge in [0.2, 0.25) is 0 Å². The van der Waals surface area contributed by atoms with Crippen LogP contribution in [-0.4, -0.2) is 37.7 Å². The van der Waals surface area contributed by atoms with Crippen molar-refractivity contribution in [3.05, 3.63) is 22.2 Å². The van der Waals surface area contributed by atoms with E-state index in [0.717, 1.165) is 19.3 Å². The summed E-state index contributed by atoms with van der Waals surface area (Å²) >= 11 is 3.42. The van der Waals surface area contributed by atoms with E-state index in [2.05, 4.69) is 21.2 Å². The molecule has 1 N–H and O–H groups in total. The van der Waals surface area contributed by atoms with Gasteiger partial charge in [-0.1, -0.05) is 19.3 Å². The highest BCUT2D eigenvalue weighted by atomic mass is 79.9. The van der Waals surface area contributed by atoms with Crippen molar-refractivity contribution in [3.63, 3.8) is 0 Å². The van der Waals surface area contributed by atoms with Gasteiger partial charge in [0.05, 0.1) is 24.8 Å². The van der Waals surface area contributed by atoms with Crippen LogP contribution >= 0.6 is 15.9 Å². The maximum Gasteiger partial charge on any atom is 0.331 e. The van der Waals surface area contributed by atoms with Crippen LogP contribution in [0.15, 0.2) is 16.6 Å². The maximum atomic E-state index is 12.9. The fraction of sp³-hybridized carbons (Fsp3) is 0.579. The Morgan fingerprint density at radius 1 is 1.15 bits per heavy atom. The molecule has 0 saturated heterocycles. The maximum absolute atomic E-state index is 12.9. The molecular weight excluding hydrogens is 402 g/mol. The first-order chi connectivity index (χ1) is 12.5. The van der Waals surface area contributed by atoms with Gasteiger partial charge >= 0.3 is 5.97 Å². The largest absolute Gasteiger partial charge is 0.493 e. The number of nitrogens with one attached hydrogen (secondary N) is 1. The fourth-order valence-corrected chi connectivity index (χ4v) is 3.79. The lowest BCUT2D eigenvalue weighted by Crippen LogP contribution is -2.56. The molecule has 0 heterocycles. The SMILES string of the molecule is CCOC(=O)C1(NC(=O)c2cc(Br)c(OCC)c(OC)c2)CCCCC1. The van der Waals surface area contributed by atoms with Crippen molar-refractivity contribution in [1.29, 1.82) is 0 Å². The van der Waals surface area contributed by atoms with Crippen LogP contribution in [0.1, 0.15) is 56.3 Å². The smallest absolute Gasteiger partial charge is 0.331 e. The number of hydrogen-bond acceptors (Lipinski definition) is 5. The molecule has 0 bridgehead atoms. The second-order valence-electron chi connectivity index (χ2n) is 6.24. The van der Waals surface area contributed by atoms with Gasteiger partial charge in [-0.15, -0.1) is 0 Å². The predicted molar refractivity (Wildman–Crippen MR) is 102 cm³/mol. The monoisotopic (exact) mass is 427 g/mol. The highest BCUT2D eigenvalue weighted by molar-refractivity contribution is 9.10. The van der Waals surface area contributed by atoms with Gasteiger partial charge in [-0.25, -0.2) is 4.79 Å². The number of halogens is 1. The molecule has 1 aromatic rings. The molecule has 0 radical (unpaired) electrons. The average molecular weight is 428 g/mol. The summed E-state index contributed by atoms with van der Waals surface area (Å²) in [5.41, 5.74) is -0.560. The van der Waals surface area contributed by atoms with Crippen molar-refractivity contribution < 1.29 is 23.8 Å². The molecule has 1 fully saturated rings. The summed E-state index contributed by atoms with van der Waals surface area (Å²) in [5, 5.41) is 2.93. The lowest BCUT2D eigenvalue weighted by atomic mass is 9.81. The molecule has 0 aliphatic heterocycles. The molecule has 1 saturated carbocycles. The second-order valence-corrected chi connectivity index (χ2v) is 7.09. The summed E-state index contributed by atoms with van der Waals surface area (Å²) in [6, 6.07) is 3.29. The van der Waals surface area contributed by atoms with Crippen LogP contribution < -0.4 is 14.8 Å². The number of carbonyl (C=O) groups excluding carboxylic acids is 2. The summed E-state index contributed by atoms with van der Waals surface area (Å²) < 4.78 is 16.8. The molecule has 7 heteroatoms. The third-order valence-corrected chi connectivity index (χ3v) is 5.10. The molecule has 0 atom stereocenters. The molecule has 26 heavy (non-hydrogen) atoms. The van der Waals surface area contributed by atoms with Crippen molar-refractivity contribution >= 4 is 27.8 Å². The first-order valence-electron chi connectivity index (χ1n) is 8.97. The first kappa shape index (κ1) is 20.6. The zero-order valence-corrected chi connectivity index (χ0v) is 17.1. The van der Waals surface area contributed by atoms with Crippen molar-refractivity contribution in [3.8, 4) is 11.5 Å². The second kappa shape index (κ2) is 9.26. The van der Waals surface area contributed by atoms with Crippen LogP contribution in [-0.2, 0) is 9.53 Å². The zero-order valence-electron chi connectivity index (χ0n) is 15.5. The number of methoxy groups -OCH3 is 1. The predicted octanol–water partition coefficient (Wildman–Crippen LogP) is 3.85. The third-order valence-electron chi connectivity index (χ3n) is 4.51. The van der Waals surface area contributed by atoms with E-state index in [-0.39, 0.29) is 11.9 Å². The summed E-state index contributed by atoms with van der Waals surface area (Å²) in [4.78, 5) is 25.4. The van der Waals surface area contributed by atoms with E-state index in [1.54, 1.807) is 19.1 Å². The Morgan fingerprint density at radius 3 is 2.42 bits per heavy atom. The van der Waals surface area contributed by atoms with Gasteiger partial charge in [0.25, 0.3) is 5.91 Å². The van der Waals surface area contributed by atoms with Crippen molar-refractivity contribution in [1.82, 2.24) is 5.32 Å². The minimum absolute atomic E-state index is 0.291.